The van der Waals surface area contributed by atoms with Crippen LogP contribution in [0.1, 0.15) is 63.9 Å². The molecule has 0 heterocycles. The molecule has 0 fully saturated rings. The van der Waals surface area contributed by atoms with Gasteiger partial charge in [0.2, 0.25) is 0 Å². The average Bonchev–Trinajstić information content (AvgIpc) is 2.61. The van der Waals surface area contributed by atoms with Crippen molar-refractivity contribution in [3.63, 3.8) is 0 Å². The van der Waals surface area contributed by atoms with Crippen LogP contribution < -0.4 is 4.74 Å². The third kappa shape index (κ3) is 7.08. The minimum atomic E-state index is 0.253. The van der Waals surface area contributed by atoms with Gasteiger partial charge in [-0.15, -0.1) is 0 Å². The van der Waals surface area contributed by atoms with Crippen molar-refractivity contribution in [1.82, 2.24) is 0 Å². The van der Waals surface area contributed by atoms with Gasteiger partial charge in [-0.3, -0.25) is 0 Å². The zero-order valence-electron chi connectivity index (χ0n) is 14.8. The van der Waals surface area contributed by atoms with E-state index in [0.717, 1.165) is 17.9 Å². The first kappa shape index (κ1) is 18.4. The second kappa shape index (κ2) is 10.7. The standard InChI is InChI=1S/C22H30O2/c1-2-3-4-5-6-7-8-9-10-19-11-15-21(16-12-19)24-22-17-13-20(23)14-18-22/h11-18,23H,2-10H2,1H3. The number of aryl methyl sites for hydroxylation is 1. The molecule has 2 heteroatoms. The highest BCUT2D eigenvalue weighted by Gasteiger charge is 1.99. The number of hydrogen-bond donors (Lipinski definition) is 1. The molecule has 1 N–H and O–H groups in total. The van der Waals surface area contributed by atoms with Crippen LogP contribution in [-0.4, -0.2) is 5.11 Å². The molecule has 2 nitrogen and oxygen atoms in total. The molecule has 0 aliphatic heterocycles. The van der Waals surface area contributed by atoms with Gasteiger partial charge in [-0.1, -0.05) is 64.0 Å². The van der Waals surface area contributed by atoms with E-state index >= 15 is 0 Å². The molecule has 0 atom stereocenters. The lowest BCUT2D eigenvalue weighted by molar-refractivity contribution is 0.464. The normalized spacial score (nSPS) is 10.7. The maximum atomic E-state index is 9.28. The topological polar surface area (TPSA) is 29.5 Å². The van der Waals surface area contributed by atoms with Crippen molar-refractivity contribution in [2.75, 3.05) is 0 Å². The number of hydrogen-bond acceptors (Lipinski definition) is 2. The van der Waals surface area contributed by atoms with Crippen LogP contribution in [0, 0.1) is 0 Å². The molecule has 0 aliphatic rings. The van der Waals surface area contributed by atoms with Gasteiger partial charge in [-0.2, -0.15) is 0 Å². The van der Waals surface area contributed by atoms with Crippen LogP contribution in [0.3, 0.4) is 0 Å². The molecule has 0 aromatic heterocycles. The predicted octanol–water partition coefficient (Wildman–Crippen LogP) is 6.87. The molecule has 0 unspecified atom stereocenters. The summed E-state index contributed by atoms with van der Waals surface area (Å²) in [6, 6.07) is 15.1. The van der Waals surface area contributed by atoms with Crippen LogP contribution in [0.15, 0.2) is 48.5 Å². The lowest BCUT2D eigenvalue weighted by Gasteiger charge is -2.07. The quantitative estimate of drug-likeness (QED) is 0.457. The van der Waals surface area contributed by atoms with Crippen LogP contribution in [-0.2, 0) is 6.42 Å². The maximum absolute atomic E-state index is 9.28. The SMILES string of the molecule is CCCCCCCCCCc1ccc(Oc2ccc(O)cc2)cc1. The monoisotopic (exact) mass is 326 g/mol. The molecule has 0 saturated carbocycles. The van der Waals surface area contributed by atoms with E-state index in [1.165, 1.54) is 56.9 Å². The van der Waals surface area contributed by atoms with Crippen molar-refractivity contribution in [3.05, 3.63) is 54.1 Å². The van der Waals surface area contributed by atoms with Crippen LogP contribution >= 0.6 is 0 Å². The smallest absolute Gasteiger partial charge is 0.127 e. The molecule has 2 rings (SSSR count). The minimum absolute atomic E-state index is 0.253. The van der Waals surface area contributed by atoms with E-state index in [9.17, 15) is 5.11 Å². The Kier molecular flexibility index (Phi) is 8.23. The van der Waals surface area contributed by atoms with E-state index in [0.29, 0.717) is 0 Å². The summed E-state index contributed by atoms with van der Waals surface area (Å²) in [7, 11) is 0. The average molecular weight is 326 g/mol. The Bertz CT molecular complexity index is 558. The Labute approximate surface area is 146 Å². The minimum Gasteiger partial charge on any atom is -0.508 e. The summed E-state index contributed by atoms with van der Waals surface area (Å²) in [5.41, 5.74) is 1.37. The Morgan fingerprint density at radius 1 is 0.667 bits per heavy atom. The molecule has 0 saturated heterocycles. The summed E-state index contributed by atoms with van der Waals surface area (Å²) < 4.78 is 5.77. The molecule has 0 bridgehead atoms. The van der Waals surface area contributed by atoms with Crippen molar-refractivity contribution < 1.29 is 9.84 Å². The Morgan fingerprint density at radius 2 is 1.17 bits per heavy atom. The third-order valence-corrected chi connectivity index (χ3v) is 4.31. The Hall–Kier alpha value is -1.96. The summed E-state index contributed by atoms with van der Waals surface area (Å²) in [6.07, 6.45) is 12.0. The van der Waals surface area contributed by atoms with Gasteiger partial charge in [-0.05, 0) is 54.8 Å². The molecule has 2 aromatic rings. The fraction of sp³-hybridized carbons (Fsp3) is 0.455. The number of ether oxygens (including phenoxy) is 1. The van der Waals surface area contributed by atoms with Gasteiger partial charge in [0.25, 0.3) is 0 Å². The highest BCUT2D eigenvalue weighted by atomic mass is 16.5. The number of benzene rings is 2. The number of phenolic OH excluding ortho intramolecular Hbond substituents is 1. The number of phenols is 1. The van der Waals surface area contributed by atoms with Gasteiger partial charge >= 0.3 is 0 Å². The van der Waals surface area contributed by atoms with Crippen LogP contribution in [0.4, 0.5) is 0 Å². The van der Waals surface area contributed by atoms with Gasteiger partial charge in [-0.25, -0.2) is 0 Å². The van der Waals surface area contributed by atoms with Crippen LogP contribution in [0.5, 0.6) is 17.2 Å². The number of aromatic hydroxyl groups is 1. The lowest BCUT2D eigenvalue weighted by Crippen LogP contribution is -1.88. The first-order chi connectivity index (χ1) is 11.8. The molecular formula is C22H30O2. The van der Waals surface area contributed by atoms with Crippen molar-refractivity contribution >= 4 is 0 Å². The van der Waals surface area contributed by atoms with E-state index in [1.54, 1.807) is 24.3 Å². The molecule has 24 heavy (non-hydrogen) atoms. The molecule has 0 radical (unpaired) electrons. The zero-order chi connectivity index (χ0) is 17.0. The number of rotatable bonds is 11. The lowest BCUT2D eigenvalue weighted by atomic mass is 10.0. The van der Waals surface area contributed by atoms with Gasteiger partial charge < -0.3 is 9.84 Å². The molecule has 130 valence electrons. The van der Waals surface area contributed by atoms with Crippen molar-refractivity contribution in [2.45, 2.75) is 64.7 Å². The summed E-state index contributed by atoms with van der Waals surface area (Å²) >= 11 is 0. The van der Waals surface area contributed by atoms with Gasteiger partial charge in [0.05, 0.1) is 0 Å². The highest BCUT2D eigenvalue weighted by Crippen LogP contribution is 2.24. The fourth-order valence-electron chi connectivity index (χ4n) is 2.84. The molecule has 0 spiro atoms. The predicted molar refractivity (Wildman–Crippen MR) is 101 cm³/mol. The maximum Gasteiger partial charge on any atom is 0.127 e. The number of unbranched alkanes of at least 4 members (excludes halogenated alkanes) is 7. The fourth-order valence-corrected chi connectivity index (χ4v) is 2.84. The van der Waals surface area contributed by atoms with Crippen molar-refractivity contribution in [3.8, 4) is 17.2 Å². The van der Waals surface area contributed by atoms with Gasteiger partial charge in [0.15, 0.2) is 0 Å². The second-order valence-electron chi connectivity index (χ2n) is 6.46. The van der Waals surface area contributed by atoms with Crippen molar-refractivity contribution in [1.29, 1.82) is 0 Å². The second-order valence-corrected chi connectivity index (χ2v) is 6.46. The van der Waals surface area contributed by atoms with Gasteiger partial charge in [0, 0.05) is 0 Å². The molecule has 0 aliphatic carbocycles. The zero-order valence-corrected chi connectivity index (χ0v) is 14.8. The first-order valence-corrected chi connectivity index (χ1v) is 9.34. The largest absolute Gasteiger partial charge is 0.508 e. The third-order valence-electron chi connectivity index (χ3n) is 4.31. The van der Waals surface area contributed by atoms with E-state index in [4.69, 9.17) is 4.74 Å². The van der Waals surface area contributed by atoms with E-state index in [1.807, 2.05) is 12.1 Å². The molecule has 2 aromatic carbocycles. The molecule has 0 amide bonds. The van der Waals surface area contributed by atoms with Crippen LogP contribution in [0.2, 0.25) is 0 Å². The molecular weight excluding hydrogens is 296 g/mol. The first-order valence-electron chi connectivity index (χ1n) is 9.34. The van der Waals surface area contributed by atoms with Crippen molar-refractivity contribution in [2.24, 2.45) is 0 Å². The summed E-state index contributed by atoms with van der Waals surface area (Å²) in [6.45, 7) is 2.26. The Morgan fingerprint density at radius 3 is 1.75 bits per heavy atom. The van der Waals surface area contributed by atoms with E-state index < -0.39 is 0 Å². The van der Waals surface area contributed by atoms with E-state index in [2.05, 4.69) is 19.1 Å². The van der Waals surface area contributed by atoms with Gasteiger partial charge in [0.1, 0.15) is 17.2 Å². The highest BCUT2D eigenvalue weighted by molar-refractivity contribution is 5.35. The summed E-state index contributed by atoms with van der Waals surface area (Å²) in [5, 5.41) is 9.28. The Balaban J connectivity index is 1.64. The summed E-state index contributed by atoms with van der Waals surface area (Å²) in [5.74, 6) is 1.83. The summed E-state index contributed by atoms with van der Waals surface area (Å²) in [4.78, 5) is 0. The van der Waals surface area contributed by atoms with E-state index in [-0.39, 0.29) is 5.75 Å². The van der Waals surface area contributed by atoms with Crippen LogP contribution in [0.25, 0.3) is 0 Å².